The van der Waals surface area contributed by atoms with Crippen molar-refractivity contribution in [3.63, 3.8) is 0 Å². The van der Waals surface area contributed by atoms with Crippen LogP contribution < -0.4 is 0 Å². The second kappa shape index (κ2) is 3.85. The standard InChI is InChI=1S/C2H3Cl.4CHO.Fe/c1-2-3;4*1-2;/h1H,2H2;4*1H;. The summed E-state index contributed by atoms with van der Waals surface area (Å²) in [6.07, 6.45) is 0. The van der Waals surface area contributed by atoms with Crippen LogP contribution in [0.3, 0.4) is 0 Å². The van der Waals surface area contributed by atoms with Gasteiger partial charge >= 0.3 is 73.7 Å². The van der Waals surface area contributed by atoms with E-state index in [2.05, 4.69) is 0 Å². The molecule has 0 aliphatic rings. The van der Waals surface area contributed by atoms with Gasteiger partial charge in [-0.15, -0.1) is 0 Å². The van der Waals surface area contributed by atoms with Gasteiger partial charge in [-0.05, 0) is 0 Å². The van der Waals surface area contributed by atoms with E-state index in [-0.39, 0.29) is 26.6 Å². The predicted molar refractivity (Wildman–Crippen MR) is 43.8 cm³/mol. The van der Waals surface area contributed by atoms with Gasteiger partial charge in [0.25, 0.3) is 0 Å². The monoisotopic (exact) mass is 234 g/mol. The van der Waals surface area contributed by atoms with Crippen molar-refractivity contribution in [2.75, 3.05) is 5.88 Å². The summed E-state index contributed by atoms with van der Waals surface area (Å²) < 4.78 is 0. The van der Waals surface area contributed by atoms with E-state index in [1.165, 1.54) is 0 Å². The van der Waals surface area contributed by atoms with Crippen LogP contribution in [-0.2, 0) is 30.5 Å². The summed E-state index contributed by atoms with van der Waals surface area (Å²) >= 11 is 0.921. The predicted octanol–water partition coefficient (Wildman–Crippen LogP) is -0.522. The van der Waals surface area contributed by atoms with Crippen LogP contribution in [0.4, 0.5) is 0 Å². The molecule has 6 heteroatoms. The zero-order valence-electron chi connectivity index (χ0n) is 5.96. The molecule has 0 N–H and O–H groups in total. The van der Waals surface area contributed by atoms with Gasteiger partial charge in [0.1, 0.15) is 0 Å². The van der Waals surface area contributed by atoms with Crippen molar-refractivity contribution >= 4 is 37.3 Å². The van der Waals surface area contributed by atoms with Gasteiger partial charge in [-0.2, -0.15) is 0 Å². The molecule has 0 fully saturated rings. The molecule has 0 aromatic rings. The Morgan fingerprint density at radius 1 is 0.917 bits per heavy atom. The van der Waals surface area contributed by atoms with Gasteiger partial charge in [0.15, 0.2) is 0 Å². The molecule has 4 nitrogen and oxygen atoms in total. The van der Waals surface area contributed by atoms with E-state index in [9.17, 15) is 19.2 Å². The summed E-state index contributed by atoms with van der Waals surface area (Å²) in [6.45, 7) is 0. The average Bonchev–Trinajstić information content (AvgIpc) is 2.16. The Balaban J connectivity index is 5.78. The van der Waals surface area contributed by atoms with Crippen molar-refractivity contribution in [2.24, 2.45) is 0 Å². The molecule has 0 rings (SSSR count). The summed E-state index contributed by atoms with van der Waals surface area (Å²) in [7, 11) is 0. The van der Waals surface area contributed by atoms with Crippen molar-refractivity contribution in [3.05, 3.63) is 0 Å². The van der Waals surface area contributed by atoms with Gasteiger partial charge in [0.2, 0.25) is 0 Å². The Bertz CT molecular complexity index is 240. The maximum atomic E-state index is 10.5. The topological polar surface area (TPSA) is 68.3 Å². The quantitative estimate of drug-likeness (QED) is 0.365. The molecule has 0 radical (unpaired) electrons. The van der Waals surface area contributed by atoms with Crippen LogP contribution in [0.15, 0.2) is 0 Å². The van der Waals surface area contributed by atoms with Crippen LogP contribution in [0.2, 0.25) is 0 Å². The minimum absolute atomic E-state index is 0.109. The van der Waals surface area contributed by atoms with Crippen molar-refractivity contribution < 1.29 is 30.5 Å². The number of carbonyl (C=O) groups excluding carboxylic acids is 4. The van der Waals surface area contributed by atoms with E-state index in [1.54, 1.807) is 0 Å². The summed E-state index contributed by atoms with van der Waals surface area (Å²) in [5, 5.41) is 0.437. The van der Waals surface area contributed by atoms with E-state index >= 15 is 0 Å². The van der Waals surface area contributed by atoms with Gasteiger partial charge in [-0.3, -0.25) is 0 Å². The van der Waals surface area contributed by atoms with Crippen molar-refractivity contribution in [1.82, 2.24) is 0 Å². The van der Waals surface area contributed by atoms with Crippen LogP contribution in [0.25, 0.3) is 0 Å². The molecule has 0 amide bonds. The molecule has 0 unspecified atom stereocenters. The van der Waals surface area contributed by atoms with Gasteiger partial charge < -0.3 is 0 Å². The summed E-state index contributed by atoms with van der Waals surface area (Å²) in [6, 6.07) is 0. The molecule has 12 heavy (non-hydrogen) atoms. The first-order chi connectivity index (χ1) is 5.62. The molecule has 0 aromatic heterocycles. The van der Waals surface area contributed by atoms with Crippen LogP contribution in [0, 0.1) is 0 Å². The molecule has 0 saturated heterocycles. The molecular formula is C6H7ClFeO4. The third-order valence-corrected chi connectivity index (χ3v) is 5.22. The first kappa shape index (κ1) is 11.4. The third kappa shape index (κ3) is 1.58. The molecular weight excluding hydrogens is 227 g/mol. The van der Waals surface area contributed by atoms with E-state index in [0.717, 1.165) is 4.92 Å². The second-order valence-corrected chi connectivity index (χ2v) is 7.29. The normalized spacial score (nSPS) is 13.6. The average molecular weight is 234 g/mol. The van der Waals surface area contributed by atoms with Gasteiger partial charge in [-0.25, -0.2) is 0 Å². The molecule has 0 atom stereocenters. The van der Waals surface area contributed by atoms with Crippen LogP contribution in [0.5, 0.6) is 0 Å². The van der Waals surface area contributed by atoms with E-state index in [4.69, 9.17) is 11.6 Å². The Morgan fingerprint density at radius 2 is 1.25 bits per heavy atom. The van der Waals surface area contributed by atoms with Gasteiger partial charge in [-0.1, -0.05) is 0 Å². The number of carbonyl (C=O) groups is 4. The van der Waals surface area contributed by atoms with E-state index < -0.39 is 11.4 Å². The number of halogens is 1. The van der Waals surface area contributed by atoms with E-state index in [0.29, 0.717) is 0 Å². The van der Waals surface area contributed by atoms with Crippen LogP contribution in [0.1, 0.15) is 0 Å². The van der Waals surface area contributed by atoms with Gasteiger partial charge in [0, 0.05) is 0 Å². The van der Waals surface area contributed by atoms with Crippen molar-refractivity contribution in [1.29, 1.82) is 0 Å². The summed E-state index contributed by atoms with van der Waals surface area (Å²) in [5.41, 5.74) is 0. The minimum atomic E-state index is -4.31. The molecule has 0 bridgehead atoms. The van der Waals surface area contributed by atoms with E-state index in [1.807, 2.05) is 0 Å². The molecule has 0 aliphatic carbocycles. The maximum absolute atomic E-state index is 10.5. The fourth-order valence-corrected chi connectivity index (χ4v) is 2.61. The zero-order valence-corrected chi connectivity index (χ0v) is 7.82. The molecule has 0 heterocycles. The Hall–Kier alpha value is -0.641. The fourth-order valence-electron chi connectivity index (χ4n) is 0.380. The second-order valence-electron chi connectivity index (χ2n) is 1.81. The molecule has 0 spiro atoms. The first-order valence-electron chi connectivity index (χ1n) is 2.64. The number of alkyl halides is 1. The molecule has 0 aliphatic heterocycles. The number of rotatable bonds is 5. The van der Waals surface area contributed by atoms with Crippen LogP contribution in [-0.4, -0.2) is 31.5 Å². The van der Waals surface area contributed by atoms with Crippen molar-refractivity contribution in [3.8, 4) is 0 Å². The SMILES string of the molecule is O=[CH][Fe]([CH]=O)([CH]=O)([CH]=O)=[CH]CCl. The van der Waals surface area contributed by atoms with Gasteiger partial charge in [0.05, 0.1) is 0 Å². The zero-order chi connectivity index (χ0) is 9.69. The fraction of sp³-hybridized carbons (Fsp3) is 0.167. The first-order valence-corrected chi connectivity index (χ1v) is 6.36. The molecule has 70 valence electrons. The Morgan fingerprint density at radius 3 is 1.33 bits per heavy atom. The third-order valence-electron chi connectivity index (χ3n) is 1.16. The number of hydrogen-bond acceptors (Lipinski definition) is 4. The Kier molecular flexibility index (Phi) is 3.64. The summed E-state index contributed by atoms with van der Waals surface area (Å²) in [5.74, 6) is -0.183. The van der Waals surface area contributed by atoms with Crippen molar-refractivity contribution in [2.45, 2.75) is 0 Å². The molecule has 0 saturated carbocycles. The number of hydrogen-bond donors (Lipinski definition) is 0. The Labute approximate surface area is 74.0 Å². The molecule has 0 aromatic carbocycles. The van der Waals surface area contributed by atoms with Crippen LogP contribution >= 0.6 is 11.6 Å². The summed E-state index contributed by atoms with van der Waals surface area (Å²) in [4.78, 5) is 43.0.